The minimum absolute atomic E-state index is 0.100. The number of carbonyl (C=O) groups is 1. The van der Waals surface area contributed by atoms with Crippen LogP contribution in [0.1, 0.15) is 12.8 Å². The van der Waals surface area contributed by atoms with Crippen molar-refractivity contribution in [3.63, 3.8) is 0 Å². The van der Waals surface area contributed by atoms with Crippen LogP contribution < -0.4 is 0 Å². The monoisotopic (exact) mass is 196 g/mol. The number of hydrogen-bond donors (Lipinski definition) is 1. The lowest BCUT2D eigenvalue weighted by Crippen LogP contribution is -2.05. The third-order valence-corrected chi connectivity index (χ3v) is 2.05. The van der Waals surface area contributed by atoms with Crippen molar-refractivity contribution in [3.8, 4) is 0 Å². The van der Waals surface area contributed by atoms with Crippen molar-refractivity contribution in [2.45, 2.75) is 24.9 Å². The molecular formula is C6H10F2O3Si. The van der Waals surface area contributed by atoms with E-state index in [1.54, 1.807) is 0 Å². The van der Waals surface area contributed by atoms with Crippen molar-refractivity contribution in [1.29, 1.82) is 0 Å². The van der Waals surface area contributed by atoms with Crippen molar-refractivity contribution in [3.05, 3.63) is 0 Å². The Labute approximate surface area is 71.5 Å². The van der Waals surface area contributed by atoms with Crippen LogP contribution >= 0.6 is 0 Å². The highest BCUT2D eigenvalue weighted by molar-refractivity contribution is 6.36. The second kappa shape index (κ2) is 7.02. The van der Waals surface area contributed by atoms with E-state index < -0.39 is 12.2 Å². The van der Waals surface area contributed by atoms with E-state index in [-0.39, 0.29) is 16.1 Å². The van der Waals surface area contributed by atoms with E-state index in [9.17, 15) is 13.6 Å². The zero-order valence-corrected chi connectivity index (χ0v) is 7.43. The van der Waals surface area contributed by atoms with Gasteiger partial charge in [0.1, 0.15) is 9.52 Å². The molecule has 0 aliphatic carbocycles. The molecule has 6 heteroatoms. The van der Waals surface area contributed by atoms with E-state index in [4.69, 9.17) is 5.11 Å². The summed E-state index contributed by atoms with van der Waals surface area (Å²) >= 11 is 0. The van der Waals surface area contributed by atoms with Crippen molar-refractivity contribution < 1.29 is 23.4 Å². The van der Waals surface area contributed by atoms with Gasteiger partial charge in [0.15, 0.2) is 0 Å². The molecule has 0 heterocycles. The van der Waals surface area contributed by atoms with E-state index in [1.165, 1.54) is 0 Å². The van der Waals surface area contributed by atoms with Crippen LogP contribution in [0.4, 0.5) is 13.6 Å². The molecule has 0 fully saturated rings. The fourth-order valence-electron chi connectivity index (χ4n) is 0.598. The van der Waals surface area contributed by atoms with E-state index in [1.807, 2.05) is 0 Å². The van der Waals surface area contributed by atoms with E-state index in [0.29, 0.717) is 18.9 Å². The Morgan fingerprint density at radius 3 is 2.67 bits per heavy atom. The van der Waals surface area contributed by atoms with Crippen molar-refractivity contribution >= 4 is 15.7 Å². The molecule has 0 amide bonds. The fraction of sp³-hybridized carbons (Fsp3) is 0.833. The molecule has 12 heavy (non-hydrogen) atoms. The molecule has 0 aromatic heterocycles. The minimum atomic E-state index is -2.23. The second-order valence-electron chi connectivity index (χ2n) is 2.08. The number of halogens is 2. The first-order chi connectivity index (χ1) is 5.63. The van der Waals surface area contributed by atoms with Gasteiger partial charge in [-0.15, -0.1) is 0 Å². The predicted molar refractivity (Wildman–Crippen MR) is 39.8 cm³/mol. The zero-order valence-electron chi connectivity index (χ0n) is 6.43. The maximum Gasteiger partial charge on any atom is 0.505 e. The maximum absolute atomic E-state index is 11.6. The molecule has 0 aliphatic rings. The molecule has 0 atom stereocenters. The molecule has 0 aliphatic heterocycles. The Kier molecular flexibility index (Phi) is 6.64. The highest BCUT2D eigenvalue weighted by Crippen LogP contribution is 2.00. The lowest BCUT2D eigenvalue weighted by Gasteiger charge is -1.99. The molecular weight excluding hydrogens is 186 g/mol. The third kappa shape index (κ3) is 9.35. The second-order valence-corrected chi connectivity index (χ2v) is 3.42. The minimum Gasteiger partial charge on any atom is -0.450 e. The summed E-state index contributed by atoms with van der Waals surface area (Å²) < 4.78 is 27.3. The maximum atomic E-state index is 11.6. The first-order valence-corrected chi connectivity index (χ1v) is 4.78. The van der Waals surface area contributed by atoms with Crippen LogP contribution in [0.25, 0.3) is 0 Å². The topological polar surface area (TPSA) is 46.5 Å². The van der Waals surface area contributed by atoms with Gasteiger partial charge in [-0.25, -0.2) is 13.6 Å². The Morgan fingerprint density at radius 1 is 1.50 bits per heavy atom. The summed E-state index contributed by atoms with van der Waals surface area (Å²) in [5.74, 6) is 0. The molecule has 0 saturated heterocycles. The Morgan fingerprint density at radius 2 is 2.17 bits per heavy atom. The Balaban J connectivity index is 2.96. The number of alkyl halides is 2. The first-order valence-electron chi connectivity index (χ1n) is 3.50. The van der Waals surface area contributed by atoms with E-state index in [0.717, 1.165) is 0 Å². The van der Waals surface area contributed by atoms with Gasteiger partial charge < -0.3 is 9.84 Å². The van der Waals surface area contributed by atoms with Crippen LogP contribution in [0, 0.1) is 0 Å². The molecule has 70 valence electrons. The standard InChI is InChI=1S/C6H10F2O3Si/c7-5(8)12-4-2-1-3-11-6(9)10/h5H,1-4H2,(H,9,10). The zero-order chi connectivity index (χ0) is 9.40. The molecule has 2 radical (unpaired) electrons. The number of hydrogen-bond acceptors (Lipinski definition) is 2. The lowest BCUT2D eigenvalue weighted by molar-refractivity contribution is 0.0904. The molecule has 0 rings (SSSR count). The summed E-state index contributed by atoms with van der Waals surface area (Å²) in [7, 11) is -0.342. The van der Waals surface area contributed by atoms with Crippen LogP contribution in [0.5, 0.6) is 0 Å². The average Bonchev–Trinajstić information content (AvgIpc) is 1.95. The molecule has 0 bridgehead atoms. The van der Waals surface area contributed by atoms with Crippen molar-refractivity contribution in [2.24, 2.45) is 0 Å². The summed E-state index contributed by atoms with van der Waals surface area (Å²) in [6, 6.07) is -1.79. The summed E-state index contributed by atoms with van der Waals surface area (Å²) in [6.07, 6.45) is -0.200. The normalized spacial score (nSPS) is 10.2. The Bertz CT molecular complexity index is 132. The van der Waals surface area contributed by atoms with Gasteiger partial charge in [0.25, 0.3) is 0 Å². The van der Waals surface area contributed by atoms with Crippen LogP contribution in [0.2, 0.25) is 6.04 Å². The molecule has 0 aromatic rings. The van der Waals surface area contributed by atoms with Gasteiger partial charge in [0.2, 0.25) is 6.05 Å². The van der Waals surface area contributed by atoms with Gasteiger partial charge in [-0.05, 0) is 6.42 Å². The van der Waals surface area contributed by atoms with E-state index >= 15 is 0 Å². The lowest BCUT2D eigenvalue weighted by atomic mass is 10.4. The van der Waals surface area contributed by atoms with Gasteiger partial charge in [0.05, 0.1) is 6.61 Å². The molecule has 1 N–H and O–H groups in total. The quantitative estimate of drug-likeness (QED) is 0.400. The summed E-state index contributed by atoms with van der Waals surface area (Å²) in [6.45, 7) is 0.100. The average molecular weight is 196 g/mol. The largest absolute Gasteiger partial charge is 0.505 e. The van der Waals surface area contributed by atoms with Gasteiger partial charge in [-0.1, -0.05) is 12.5 Å². The van der Waals surface area contributed by atoms with Crippen LogP contribution in [-0.4, -0.2) is 33.4 Å². The highest BCUT2D eigenvalue weighted by atomic mass is 28.2. The number of ether oxygens (including phenoxy) is 1. The molecule has 0 saturated carbocycles. The third-order valence-electron chi connectivity index (χ3n) is 1.10. The molecule has 3 nitrogen and oxygen atoms in total. The van der Waals surface area contributed by atoms with Crippen molar-refractivity contribution in [2.75, 3.05) is 6.61 Å². The highest BCUT2D eigenvalue weighted by Gasteiger charge is 2.03. The summed E-state index contributed by atoms with van der Waals surface area (Å²) in [5.41, 5.74) is 0. The van der Waals surface area contributed by atoms with Crippen LogP contribution in [-0.2, 0) is 4.74 Å². The Hall–Kier alpha value is -0.653. The van der Waals surface area contributed by atoms with Crippen LogP contribution in [0.3, 0.4) is 0 Å². The number of unbranched alkanes of at least 4 members (excludes halogenated alkanes) is 1. The summed E-state index contributed by atoms with van der Waals surface area (Å²) in [4.78, 5) is 9.80. The SMILES string of the molecule is O=C(O)OCCCC[Si]C(F)F. The molecule has 0 unspecified atom stereocenters. The number of carboxylic acid groups (broad SMARTS) is 1. The van der Waals surface area contributed by atoms with Gasteiger partial charge in [0, 0.05) is 0 Å². The smallest absolute Gasteiger partial charge is 0.450 e. The van der Waals surface area contributed by atoms with E-state index in [2.05, 4.69) is 4.74 Å². The summed E-state index contributed by atoms with van der Waals surface area (Å²) in [5, 5.41) is 8.02. The molecule has 0 spiro atoms. The van der Waals surface area contributed by atoms with Gasteiger partial charge in [-0.3, -0.25) is 0 Å². The van der Waals surface area contributed by atoms with Gasteiger partial charge >= 0.3 is 6.16 Å². The number of rotatable bonds is 6. The van der Waals surface area contributed by atoms with Crippen LogP contribution in [0.15, 0.2) is 0 Å². The van der Waals surface area contributed by atoms with Gasteiger partial charge in [-0.2, -0.15) is 0 Å². The molecule has 0 aromatic carbocycles. The first kappa shape index (κ1) is 11.3. The predicted octanol–water partition coefficient (Wildman–Crippen LogP) is 1.81. The van der Waals surface area contributed by atoms with Crippen molar-refractivity contribution in [1.82, 2.24) is 0 Å². The fourth-order valence-corrected chi connectivity index (χ4v) is 1.27.